The van der Waals surface area contributed by atoms with E-state index in [1.165, 1.54) is 36.4 Å². The lowest BCUT2D eigenvalue weighted by Crippen LogP contribution is -2.36. The van der Waals surface area contributed by atoms with Gasteiger partial charge in [-0.25, -0.2) is 4.39 Å². The first-order chi connectivity index (χ1) is 15.3. The molecule has 1 saturated carbocycles. The molecule has 0 spiro atoms. The van der Waals surface area contributed by atoms with Crippen LogP contribution in [0.1, 0.15) is 24.2 Å². The molecule has 0 bridgehead atoms. The summed E-state index contributed by atoms with van der Waals surface area (Å²) in [5, 5.41) is 10.4. The number of aliphatic hydroxyl groups is 1. The average Bonchev–Trinajstić information content (AvgIpc) is 3.51. The normalized spacial score (nSPS) is 15.2. The Labute approximate surface area is 183 Å². The number of alkyl halides is 3. The first-order valence-corrected chi connectivity index (χ1v) is 10.4. The Morgan fingerprint density at radius 3 is 2.47 bits per heavy atom. The van der Waals surface area contributed by atoms with Crippen LogP contribution in [0.25, 0.3) is 11.3 Å². The number of rotatable bonds is 9. The van der Waals surface area contributed by atoms with E-state index < -0.39 is 23.7 Å². The summed E-state index contributed by atoms with van der Waals surface area (Å²) in [4.78, 5) is 2.01. The quantitative estimate of drug-likeness (QED) is 0.438. The van der Waals surface area contributed by atoms with Crippen molar-refractivity contribution >= 4 is 0 Å². The summed E-state index contributed by atoms with van der Waals surface area (Å²) in [7, 11) is 0. The fraction of sp³-hybridized carbons (Fsp3) is 0.333. The van der Waals surface area contributed by atoms with Crippen LogP contribution in [0.3, 0.4) is 0 Å². The molecule has 3 aromatic rings. The Bertz CT molecular complexity index is 1050. The summed E-state index contributed by atoms with van der Waals surface area (Å²) in [5.74, 6) is 0.225. The SMILES string of the molecule is OC(COc1ccccc1F)CN(Cc1ccc(-c2ccccc2C(F)(F)F)o1)C1CC1. The van der Waals surface area contributed by atoms with Crippen molar-refractivity contribution in [2.75, 3.05) is 13.2 Å². The van der Waals surface area contributed by atoms with Crippen molar-refractivity contribution in [3.8, 4) is 17.1 Å². The molecule has 170 valence electrons. The zero-order valence-corrected chi connectivity index (χ0v) is 17.2. The number of benzene rings is 2. The predicted octanol–water partition coefficient (Wildman–Crippen LogP) is 5.51. The molecule has 1 aromatic heterocycles. The van der Waals surface area contributed by atoms with Gasteiger partial charge < -0.3 is 14.3 Å². The number of hydrogen-bond donors (Lipinski definition) is 1. The van der Waals surface area contributed by atoms with E-state index in [4.69, 9.17) is 9.15 Å². The smallest absolute Gasteiger partial charge is 0.417 e. The summed E-state index contributed by atoms with van der Waals surface area (Å²) >= 11 is 0. The molecule has 2 aromatic carbocycles. The van der Waals surface area contributed by atoms with Gasteiger partial charge >= 0.3 is 6.18 Å². The van der Waals surface area contributed by atoms with E-state index in [1.807, 2.05) is 4.90 Å². The molecule has 1 aliphatic rings. The number of halogens is 4. The topological polar surface area (TPSA) is 45.8 Å². The molecule has 0 saturated heterocycles. The van der Waals surface area contributed by atoms with E-state index in [0.717, 1.165) is 18.9 Å². The van der Waals surface area contributed by atoms with E-state index in [0.29, 0.717) is 12.3 Å². The standard InChI is InChI=1S/C24H23F4NO3/c25-21-7-3-4-8-23(21)31-15-17(30)13-29(16-9-10-16)14-18-11-12-22(32-18)19-5-1-2-6-20(19)24(26,27)28/h1-8,11-12,16-17,30H,9-10,13-15H2. The summed E-state index contributed by atoms with van der Waals surface area (Å²) in [6.45, 7) is 0.538. The van der Waals surface area contributed by atoms with Gasteiger partial charge in [-0.3, -0.25) is 4.90 Å². The second-order valence-electron chi connectivity index (χ2n) is 7.87. The van der Waals surface area contributed by atoms with Crippen molar-refractivity contribution in [3.05, 3.63) is 77.8 Å². The number of aliphatic hydroxyl groups excluding tert-OH is 1. The zero-order chi connectivity index (χ0) is 22.7. The van der Waals surface area contributed by atoms with Crippen molar-refractivity contribution in [1.82, 2.24) is 4.90 Å². The van der Waals surface area contributed by atoms with Gasteiger partial charge in [-0.15, -0.1) is 0 Å². The van der Waals surface area contributed by atoms with E-state index in [-0.39, 0.29) is 36.3 Å². The minimum atomic E-state index is -4.48. The number of nitrogens with zero attached hydrogens (tertiary/aromatic N) is 1. The van der Waals surface area contributed by atoms with Gasteiger partial charge in [0.2, 0.25) is 0 Å². The highest BCUT2D eigenvalue weighted by Gasteiger charge is 2.34. The Hall–Kier alpha value is -2.84. The van der Waals surface area contributed by atoms with Crippen LogP contribution in [0.2, 0.25) is 0 Å². The molecule has 8 heteroatoms. The third-order valence-electron chi connectivity index (χ3n) is 5.29. The molecule has 1 N–H and O–H groups in total. The summed E-state index contributed by atoms with van der Waals surface area (Å²) in [6.07, 6.45) is -3.42. The minimum Gasteiger partial charge on any atom is -0.488 e. The number of hydrogen-bond acceptors (Lipinski definition) is 4. The van der Waals surface area contributed by atoms with Crippen molar-refractivity contribution in [1.29, 1.82) is 0 Å². The van der Waals surface area contributed by atoms with E-state index >= 15 is 0 Å². The number of ether oxygens (including phenoxy) is 1. The fourth-order valence-corrected chi connectivity index (χ4v) is 3.61. The van der Waals surface area contributed by atoms with Crippen molar-refractivity contribution in [2.24, 2.45) is 0 Å². The van der Waals surface area contributed by atoms with Gasteiger partial charge in [0, 0.05) is 18.2 Å². The molecule has 32 heavy (non-hydrogen) atoms. The van der Waals surface area contributed by atoms with Crippen LogP contribution in [-0.2, 0) is 12.7 Å². The number of furan rings is 1. The van der Waals surface area contributed by atoms with E-state index in [1.54, 1.807) is 18.2 Å². The molecule has 0 amide bonds. The monoisotopic (exact) mass is 449 g/mol. The van der Waals surface area contributed by atoms with Crippen LogP contribution >= 0.6 is 0 Å². The second-order valence-corrected chi connectivity index (χ2v) is 7.87. The maximum absolute atomic E-state index is 13.7. The third-order valence-corrected chi connectivity index (χ3v) is 5.29. The number of para-hydroxylation sites is 1. The maximum atomic E-state index is 13.7. The molecular weight excluding hydrogens is 426 g/mol. The Morgan fingerprint density at radius 2 is 1.75 bits per heavy atom. The lowest BCUT2D eigenvalue weighted by Gasteiger charge is -2.24. The van der Waals surface area contributed by atoms with Crippen LogP contribution in [0.5, 0.6) is 5.75 Å². The first kappa shape index (κ1) is 22.4. The Kier molecular flexibility index (Phi) is 6.53. The maximum Gasteiger partial charge on any atom is 0.417 e. The fourth-order valence-electron chi connectivity index (χ4n) is 3.61. The first-order valence-electron chi connectivity index (χ1n) is 10.4. The highest BCUT2D eigenvalue weighted by atomic mass is 19.4. The minimum absolute atomic E-state index is 0.0115. The van der Waals surface area contributed by atoms with Gasteiger partial charge in [-0.05, 0) is 43.2 Å². The van der Waals surface area contributed by atoms with Gasteiger partial charge in [0.1, 0.15) is 24.2 Å². The van der Waals surface area contributed by atoms with E-state index in [9.17, 15) is 22.7 Å². The molecule has 4 rings (SSSR count). The van der Waals surface area contributed by atoms with Crippen LogP contribution in [-0.4, -0.2) is 35.3 Å². The average molecular weight is 449 g/mol. The van der Waals surface area contributed by atoms with Crippen molar-refractivity contribution in [3.63, 3.8) is 0 Å². The predicted molar refractivity (Wildman–Crippen MR) is 110 cm³/mol. The van der Waals surface area contributed by atoms with Gasteiger partial charge in [0.15, 0.2) is 11.6 Å². The zero-order valence-electron chi connectivity index (χ0n) is 17.2. The van der Waals surface area contributed by atoms with Crippen LogP contribution < -0.4 is 4.74 Å². The molecule has 1 fully saturated rings. The highest BCUT2D eigenvalue weighted by molar-refractivity contribution is 5.63. The molecular formula is C24H23F4NO3. The summed E-state index contributed by atoms with van der Waals surface area (Å²) < 4.78 is 64.7. The largest absolute Gasteiger partial charge is 0.488 e. The highest BCUT2D eigenvalue weighted by Crippen LogP contribution is 2.38. The Morgan fingerprint density at radius 1 is 1.03 bits per heavy atom. The summed E-state index contributed by atoms with van der Waals surface area (Å²) in [6, 6.07) is 14.7. The molecule has 0 aliphatic heterocycles. The van der Waals surface area contributed by atoms with Crippen LogP contribution in [0, 0.1) is 5.82 Å². The molecule has 1 aliphatic carbocycles. The second kappa shape index (κ2) is 9.34. The lowest BCUT2D eigenvalue weighted by atomic mass is 10.1. The van der Waals surface area contributed by atoms with Crippen LogP contribution in [0.4, 0.5) is 17.6 Å². The van der Waals surface area contributed by atoms with E-state index in [2.05, 4.69) is 0 Å². The lowest BCUT2D eigenvalue weighted by molar-refractivity contribution is -0.137. The van der Waals surface area contributed by atoms with Gasteiger partial charge in [-0.1, -0.05) is 30.3 Å². The van der Waals surface area contributed by atoms with Crippen LogP contribution in [0.15, 0.2) is 65.1 Å². The molecule has 1 heterocycles. The van der Waals surface area contributed by atoms with Gasteiger partial charge in [-0.2, -0.15) is 13.2 Å². The Balaban J connectivity index is 1.41. The third kappa shape index (κ3) is 5.49. The van der Waals surface area contributed by atoms with Crippen molar-refractivity contribution < 1.29 is 31.8 Å². The molecule has 1 atom stereocenters. The molecule has 0 radical (unpaired) electrons. The molecule has 4 nitrogen and oxygen atoms in total. The summed E-state index contributed by atoms with van der Waals surface area (Å²) in [5.41, 5.74) is -0.761. The molecule has 1 unspecified atom stereocenters. The van der Waals surface area contributed by atoms with Gasteiger partial charge in [0.25, 0.3) is 0 Å². The van der Waals surface area contributed by atoms with Crippen molar-refractivity contribution in [2.45, 2.75) is 37.7 Å². The van der Waals surface area contributed by atoms with Gasteiger partial charge in [0.05, 0.1) is 12.1 Å².